The summed E-state index contributed by atoms with van der Waals surface area (Å²) >= 11 is 0. The number of hydrogen-bond donors (Lipinski definition) is 0. The van der Waals surface area contributed by atoms with Gasteiger partial charge in [0, 0.05) is 25.0 Å². The largest absolute Gasteiger partial charge is 0.335 e. The molecule has 0 saturated carbocycles. The molecule has 1 atom stereocenters. The van der Waals surface area contributed by atoms with E-state index in [0.29, 0.717) is 12.1 Å². The van der Waals surface area contributed by atoms with Crippen molar-refractivity contribution in [2.75, 3.05) is 7.05 Å². The molecule has 4 nitrogen and oxygen atoms in total. The highest BCUT2D eigenvalue weighted by molar-refractivity contribution is 5.95. The summed E-state index contributed by atoms with van der Waals surface area (Å²) in [5, 5.41) is 6.61. The number of nitrogens with zero attached hydrogens (tertiary/aromatic N) is 3. The van der Waals surface area contributed by atoms with Crippen LogP contribution < -0.4 is 0 Å². The van der Waals surface area contributed by atoms with Crippen LogP contribution >= 0.6 is 0 Å². The third kappa shape index (κ3) is 3.54. The maximum atomic E-state index is 13.2. The second kappa shape index (κ2) is 7.69. The normalized spacial score (nSPS) is 12.1. The van der Waals surface area contributed by atoms with Crippen molar-refractivity contribution in [1.82, 2.24) is 14.7 Å². The quantitative estimate of drug-likeness (QED) is 0.501. The zero-order chi connectivity index (χ0) is 19.5. The van der Waals surface area contributed by atoms with Gasteiger partial charge in [-0.1, -0.05) is 54.6 Å². The van der Waals surface area contributed by atoms with Crippen molar-refractivity contribution >= 4 is 16.7 Å². The van der Waals surface area contributed by atoms with E-state index in [1.165, 1.54) is 10.8 Å². The van der Waals surface area contributed by atoms with Gasteiger partial charge in [0.1, 0.15) is 0 Å². The Hall–Kier alpha value is -3.40. The van der Waals surface area contributed by atoms with Crippen molar-refractivity contribution in [3.8, 4) is 0 Å². The summed E-state index contributed by atoms with van der Waals surface area (Å²) in [6.45, 7) is 2.73. The van der Waals surface area contributed by atoms with Crippen LogP contribution in [0.2, 0.25) is 0 Å². The molecule has 0 spiro atoms. The summed E-state index contributed by atoms with van der Waals surface area (Å²) in [6, 6.07) is 24.2. The lowest BCUT2D eigenvalue weighted by Crippen LogP contribution is -2.29. The number of benzene rings is 3. The predicted molar refractivity (Wildman–Crippen MR) is 112 cm³/mol. The van der Waals surface area contributed by atoms with Gasteiger partial charge in [-0.2, -0.15) is 5.10 Å². The molecule has 1 amide bonds. The van der Waals surface area contributed by atoms with E-state index in [2.05, 4.69) is 42.4 Å². The summed E-state index contributed by atoms with van der Waals surface area (Å²) in [4.78, 5) is 15.0. The zero-order valence-corrected chi connectivity index (χ0v) is 16.1. The van der Waals surface area contributed by atoms with Gasteiger partial charge < -0.3 is 4.90 Å². The number of aromatic nitrogens is 2. The van der Waals surface area contributed by atoms with Gasteiger partial charge in [-0.15, -0.1) is 0 Å². The van der Waals surface area contributed by atoms with Gasteiger partial charge in [-0.05, 0) is 47.0 Å². The molecule has 0 radical (unpaired) electrons. The molecule has 3 aromatic carbocycles. The van der Waals surface area contributed by atoms with Gasteiger partial charge in [-0.3, -0.25) is 9.48 Å². The van der Waals surface area contributed by atoms with Crippen molar-refractivity contribution in [1.29, 1.82) is 0 Å². The maximum absolute atomic E-state index is 13.2. The molecular weight excluding hydrogens is 346 g/mol. The highest BCUT2D eigenvalue weighted by Crippen LogP contribution is 2.28. The van der Waals surface area contributed by atoms with Gasteiger partial charge in [-0.25, -0.2) is 0 Å². The smallest absolute Gasteiger partial charge is 0.254 e. The second-order valence-electron chi connectivity index (χ2n) is 7.06. The fourth-order valence-electron chi connectivity index (χ4n) is 3.59. The molecule has 4 aromatic rings. The second-order valence-corrected chi connectivity index (χ2v) is 7.06. The lowest BCUT2D eigenvalue weighted by Gasteiger charge is -2.26. The number of carbonyl (C=O) groups excluding carboxylic acids is 1. The van der Waals surface area contributed by atoms with Crippen LogP contribution in [-0.4, -0.2) is 27.6 Å². The SMILES string of the molecule is C[C@H](c1cccc2ccccc12)N(C)C(=O)c1cccc(Cn2cccn2)c1. The minimum atomic E-state index is -0.0339. The molecule has 0 fully saturated rings. The Balaban J connectivity index is 1.59. The predicted octanol–water partition coefficient (Wildman–Crippen LogP) is 4.92. The Morgan fingerprint density at radius 3 is 2.64 bits per heavy atom. The molecule has 4 heteroatoms. The first kappa shape index (κ1) is 18.0. The number of rotatable bonds is 5. The topological polar surface area (TPSA) is 38.1 Å². The fourth-order valence-corrected chi connectivity index (χ4v) is 3.59. The summed E-state index contributed by atoms with van der Waals surface area (Å²) in [6.07, 6.45) is 3.68. The molecule has 1 aromatic heterocycles. The Bertz CT molecular complexity index is 1100. The molecule has 0 aliphatic carbocycles. The van der Waals surface area contributed by atoms with E-state index in [-0.39, 0.29) is 11.9 Å². The fraction of sp³-hybridized carbons (Fsp3) is 0.167. The van der Waals surface area contributed by atoms with E-state index in [1.54, 1.807) is 6.20 Å². The average Bonchev–Trinajstić information content (AvgIpc) is 3.25. The van der Waals surface area contributed by atoms with Crippen LogP contribution in [0.3, 0.4) is 0 Å². The van der Waals surface area contributed by atoms with E-state index >= 15 is 0 Å². The standard InChI is InChI=1S/C24H23N3O/c1-18(22-13-6-10-20-9-3-4-12-23(20)22)26(2)24(28)21-11-5-8-19(16-21)17-27-15-7-14-25-27/h3-16,18H,17H2,1-2H3/t18-/m1/s1. The van der Waals surface area contributed by atoms with Gasteiger partial charge >= 0.3 is 0 Å². The minimum Gasteiger partial charge on any atom is -0.335 e. The molecule has 140 valence electrons. The molecule has 0 unspecified atom stereocenters. The first-order chi connectivity index (χ1) is 13.6. The first-order valence-corrected chi connectivity index (χ1v) is 9.44. The highest BCUT2D eigenvalue weighted by Gasteiger charge is 2.20. The lowest BCUT2D eigenvalue weighted by molar-refractivity contribution is 0.0743. The van der Waals surface area contributed by atoms with E-state index in [0.717, 1.165) is 11.1 Å². The van der Waals surface area contributed by atoms with Crippen LogP contribution in [0.1, 0.15) is 34.5 Å². The Labute approximate surface area is 165 Å². The summed E-state index contributed by atoms with van der Waals surface area (Å²) < 4.78 is 1.85. The highest BCUT2D eigenvalue weighted by atomic mass is 16.2. The van der Waals surface area contributed by atoms with Crippen LogP contribution in [-0.2, 0) is 6.54 Å². The van der Waals surface area contributed by atoms with E-state index in [9.17, 15) is 4.79 Å². The first-order valence-electron chi connectivity index (χ1n) is 9.44. The minimum absolute atomic E-state index is 0.0164. The average molecular weight is 369 g/mol. The molecule has 28 heavy (non-hydrogen) atoms. The molecular formula is C24H23N3O. The van der Waals surface area contributed by atoms with Crippen LogP contribution in [0.25, 0.3) is 10.8 Å². The van der Waals surface area contributed by atoms with E-state index in [1.807, 2.05) is 65.3 Å². The number of carbonyl (C=O) groups is 1. The van der Waals surface area contributed by atoms with Crippen molar-refractivity contribution in [2.24, 2.45) is 0 Å². The molecule has 0 bridgehead atoms. The third-order valence-corrected chi connectivity index (χ3v) is 5.25. The molecule has 0 aliphatic heterocycles. The van der Waals surface area contributed by atoms with Crippen molar-refractivity contribution in [3.05, 3.63) is 102 Å². The number of amides is 1. The van der Waals surface area contributed by atoms with Gasteiger partial charge in [0.2, 0.25) is 0 Å². The maximum Gasteiger partial charge on any atom is 0.254 e. The van der Waals surface area contributed by atoms with Crippen LogP contribution in [0.15, 0.2) is 85.2 Å². The zero-order valence-electron chi connectivity index (χ0n) is 16.1. The molecule has 4 rings (SSSR count). The van der Waals surface area contributed by atoms with Gasteiger partial charge in [0.05, 0.1) is 12.6 Å². The molecule has 0 aliphatic rings. The van der Waals surface area contributed by atoms with E-state index in [4.69, 9.17) is 0 Å². The summed E-state index contributed by atoms with van der Waals surface area (Å²) in [7, 11) is 1.87. The summed E-state index contributed by atoms with van der Waals surface area (Å²) in [5.41, 5.74) is 2.90. The number of hydrogen-bond acceptors (Lipinski definition) is 2. The Morgan fingerprint density at radius 1 is 1.04 bits per heavy atom. The van der Waals surface area contributed by atoms with Crippen LogP contribution in [0.4, 0.5) is 0 Å². The Kier molecular flexibility index (Phi) is 4.94. The lowest BCUT2D eigenvalue weighted by atomic mass is 9.98. The molecule has 0 saturated heterocycles. The van der Waals surface area contributed by atoms with Crippen molar-refractivity contribution < 1.29 is 4.79 Å². The van der Waals surface area contributed by atoms with Crippen molar-refractivity contribution in [2.45, 2.75) is 19.5 Å². The summed E-state index contributed by atoms with van der Waals surface area (Å²) in [5.74, 6) is 0.0164. The molecule has 1 heterocycles. The number of fused-ring (bicyclic) bond motifs is 1. The third-order valence-electron chi connectivity index (χ3n) is 5.25. The van der Waals surface area contributed by atoms with Crippen LogP contribution in [0, 0.1) is 0 Å². The van der Waals surface area contributed by atoms with Gasteiger partial charge in [0.15, 0.2) is 0 Å². The Morgan fingerprint density at radius 2 is 1.82 bits per heavy atom. The van der Waals surface area contributed by atoms with Crippen molar-refractivity contribution in [3.63, 3.8) is 0 Å². The van der Waals surface area contributed by atoms with Gasteiger partial charge in [0.25, 0.3) is 5.91 Å². The van der Waals surface area contributed by atoms with E-state index < -0.39 is 0 Å². The van der Waals surface area contributed by atoms with Crippen LogP contribution in [0.5, 0.6) is 0 Å². The molecule has 0 N–H and O–H groups in total. The monoisotopic (exact) mass is 369 g/mol.